The molecule has 0 spiro atoms. The van der Waals surface area contributed by atoms with E-state index in [4.69, 9.17) is 23.8 Å². The molecule has 1 N–H and O–H groups in total. The molecule has 1 aromatic carbocycles. The third kappa shape index (κ3) is 3.73. The Morgan fingerprint density at radius 3 is 2.69 bits per heavy atom. The van der Waals surface area contributed by atoms with Crippen LogP contribution in [0.5, 0.6) is 0 Å². The van der Waals surface area contributed by atoms with Crippen LogP contribution in [-0.2, 0) is 17.8 Å². The molecule has 1 amide bonds. The van der Waals surface area contributed by atoms with Crippen molar-refractivity contribution in [3.8, 4) is 0 Å². The number of benzene rings is 1. The van der Waals surface area contributed by atoms with Gasteiger partial charge in [-0.1, -0.05) is 24.6 Å². The third-order valence-corrected chi connectivity index (χ3v) is 4.80. The molecule has 0 bridgehead atoms. The van der Waals surface area contributed by atoms with Crippen molar-refractivity contribution in [2.24, 2.45) is 0 Å². The normalized spacial score (nSPS) is 10.9. The highest BCUT2D eigenvalue weighted by atomic mass is 35.5. The van der Waals surface area contributed by atoms with E-state index in [1.165, 1.54) is 0 Å². The van der Waals surface area contributed by atoms with Crippen LogP contribution in [0.4, 0.5) is 5.69 Å². The van der Waals surface area contributed by atoms with Gasteiger partial charge in [-0.3, -0.25) is 9.47 Å². The number of carbonyl (C=O) groups excluding carboxylic acids is 1. The molecule has 0 aliphatic heterocycles. The Balaban J connectivity index is 1.86. The molecule has 0 atom stereocenters. The van der Waals surface area contributed by atoms with Gasteiger partial charge in [0, 0.05) is 29.5 Å². The summed E-state index contributed by atoms with van der Waals surface area (Å²) in [5, 5.41) is 8.03. The van der Waals surface area contributed by atoms with Gasteiger partial charge in [0.15, 0.2) is 5.82 Å². The van der Waals surface area contributed by atoms with Gasteiger partial charge in [0.25, 0.3) is 0 Å². The van der Waals surface area contributed by atoms with Crippen molar-refractivity contribution in [2.45, 2.75) is 33.2 Å². The first kappa shape index (κ1) is 18.4. The maximum absolute atomic E-state index is 12.5. The van der Waals surface area contributed by atoms with Crippen LogP contribution in [0.1, 0.15) is 24.7 Å². The van der Waals surface area contributed by atoms with E-state index in [0.717, 1.165) is 24.2 Å². The first-order chi connectivity index (χ1) is 12.5. The van der Waals surface area contributed by atoms with Crippen LogP contribution in [0.15, 0.2) is 42.7 Å². The molecule has 6 nitrogen and oxygen atoms in total. The summed E-state index contributed by atoms with van der Waals surface area (Å²) >= 11 is 11.7. The SMILES string of the molecule is CCCc1nn(CC(=O)Nc2cccc(Cl)c2C)c(=S)n1-n1cccc1. The predicted octanol–water partition coefficient (Wildman–Crippen LogP) is 4.08. The molecular formula is C18H20ClN5OS. The van der Waals surface area contributed by atoms with Crippen LogP contribution in [0.2, 0.25) is 5.02 Å². The summed E-state index contributed by atoms with van der Waals surface area (Å²) in [7, 11) is 0. The lowest BCUT2D eigenvalue weighted by molar-refractivity contribution is -0.116. The van der Waals surface area contributed by atoms with E-state index in [1.807, 2.05) is 46.9 Å². The second kappa shape index (κ2) is 7.88. The molecule has 2 heterocycles. The molecule has 3 rings (SSSR count). The topological polar surface area (TPSA) is 56.8 Å². The van der Waals surface area contributed by atoms with E-state index in [2.05, 4.69) is 17.3 Å². The van der Waals surface area contributed by atoms with Crippen LogP contribution in [0.3, 0.4) is 0 Å². The lowest BCUT2D eigenvalue weighted by atomic mass is 10.2. The first-order valence-corrected chi connectivity index (χ1v) is 9.17. The Morgan fingerprint density at radius 2 is 2.00 bits per heavy atom. The fourth-order valence-corrected chi connectivity index (χ4v) is 3.17. The Labute approximate surface area is 162 Å². The van der Waals surface area contributed by atoms with Gasteiger partial charge in [0.2, 0.25) is 10.7 Å². The molecule has 0 radical (unpaired) electrons. The zero-order valence-electron chi connectivity index (χ0n) is 14.6. The summed E-state index contributed by atoms with van der Waals surface area (Å²) in [6.07, 6.45) is 5.50. The summed E-state index contributed by atoms with van der Waals surface area (Å²) < 4.78 is 5.74. The second-order valence-electron chi connectivity index (χ2n) is 5.94. The molecule has 2 aromatic heterocycles. The molecule has 26 heavy (non-hydrogen) atoms. The molecule has 0 fully saturated rings. The van der Waals surface area contributed by atoms with E-state index in [1.54, 1.807) is 16.8 Å². The van der Waals surface area contributed by atoms with Gasteiger partial charge in [0.05, 0.1) is 0 Å². The van der Waals surface area contributed by atoms with Crippen LogP contribution in [0.25, 0.3) is 0 Å². The fourth-order valence-electron chi connectivity index (χ4n) is 2.69. The van der Waals surface area contributed by atoms with Crippen molar-refractivity contribution in [3.63, 3.8) is 0 Å². The van der Waals surface area contributed by atoms with E-state index >= 15 is 0 Å². The van der Waals surface area contributed by atoms with Gasteiger partial charge < -0.3 is 5.32 Å². The molecular weight excluding hydrogens is 370 g/mol. The summed E-state index contributed by atoms with van der Waals surface area (Å²) in [5.41, 5.74) is 1.52. The number of carbonyl (C=O) groups is 1. The van der Waals surface area contributed by atoms with E-state index in [0.29, 0.717) is 15.5 Å². The van der Waals surface area contributed by atoms with Crippen LogP contribution < -0.4 is 5.32 Å². The smallest absolute Gasteiger partial charge is 0.246 e. The lowest BCUT2D eigenvalue weighted by Gasteiger charge is -2.09. The number of rotatable bonds is 6. The molecule has 0 saturated carbocycles. The number of nitrogens with one attached hydrogen (secondary N) is 1. The van der Waals surface area contributed by atoms with E-state index in [-0.39, 0.29) is 12.5 Å². The second-order valence-corrected chi connectivity index (χ2v) is 6.71. The number of halogens is 1. The Morgan fingerprint density at radius 1 is 1.27 bits per heavy atom. The molecule has 0 saturated heterocycles. The van der Waals surface area contributed by atoms with Crippen molar-refractivity contribution < 1.29 is 4.79 Å². The van der Waals surface area contributed by atoms with Crippen LogP contribution >= 0.6 is 23.8 Å². The first-order valence-electron chi connectivity index (χ1n) is 8.38. The lowest BCUT2D eigenvalue weighted by Crippen LogP contribution is -2.20. The fraction of sp³-hybridized carbons (Fsp3) is 0.278. The number of aromatic nitrogens is 4. The maximum Gasteiger partial charge on any atom is 0.246 e. The van der Waals surface area contributed by atoms with Gasteiger partial charge in [0.1, 0.15) is 6.54 Å². The Kier molecular flexibility index (Phi) is 5.58. The van der Waals surface area contributed by atoms with E-state index < -0.39 is 0 Å². The zero-order valence-corrected chi connectivity index (χ0v) is 16.2. The molecule has 0 aliphatic carbocycles. The summed E-state index contributed by atoms with van der Waals surface area (Å²) in [5.74, 6) is 0.618. The molecule has 136 valence electrons. The van der Waals surface area contributed by atoms with Crippen LogP contribution in [-0.4, -0.2) is 25.0 Å². The number of hydrogen-bond donors (Lipinski definition) is 1. The highest BCUT2D eigenvalue weighted by molar-refractivity contribution is 7.71. The Bertz CT molecular complexity index is 974. The minimum Gasteiger partial charge on any atom is -0.324 e. The van der Waals surface area contributed by atoms with Gasteiger partial charge >= 0.3 is 0 Å². The quantitative estimate of drug-likeness (QED) is 0.646. The minimum absolute atomic E-state index is 0.0375. The van der Waals surface area contributed by atoms with Gasteiger partial charge in [-0.15, -0.1) is 0 Å². The summed E-state index contributed by atoms with van der Waals surface area (Å²) in [6, 6.07) is 9.25. The van der Waals surface area contributed by atoms with Crippen molar-refractivity contribution in [1.29, 1.82) is 0 Å². The van der Waals surface area contributed by atoms with Crippen LogP contribution in [0, 0.1) is 11.7 Å². The maximum atomic E-state index is 12.5. The van der Waals surface area contributed by atoms with E-state index in [9.17, 15) is 4.79 Å². The molecule has 0 aliphatic rings. The van der Waals surface area contributed by atoms with Gasteiger partial charge in [-0.05, 0) is 55.4 Å². The average Bonchev–Trinajstić information content (AvgIpc) is 3.21. The van der Waals surface area contributed by atoms with Gasteiger partial charge in [-0.2, -0.15) is 5.10 Å². The van der Waals surface area contributed by atoms with Gasteiger partial charge in [-0.25, -0.2) is 9.36 Å². The standard InChI is InChI=1S/C18H20ClN5OS/c1-3-7-16-21-23(18(26)24(16)22-10-4-5-11-22)12-17(25)20-15-9-6-8-14(19)13(15)2/h4-6,8-11H,3,7,12H2,1-2H3,(H,20,25). The monoisotopic (exact) mass is 389 g/mol. The third-order valence-electron chi connectivity index (χ3n) is 4.01. The molecule has 8 heteroatoms. The minimum atomic E-state index is -0.202. The highest BCUT2D eigenvalue weighted by Gasteiger charge is 2.14. The number of nitrogens with zero attached hydrogens (tertiary/aromatic N) is 4. The Hall–Kier alpha value is -2.38. The predicted molar refractivity (Wildman–Crippen MR) is 105 cm³/mol. The highest BCUT2D eigenvalue weighted by Crippen LogP contribution is 2.22. The largest absolute Gasteiger partial charge is 0.324 e. The number of aryl methyl sites for hydroxylation is 1. The average molecular weight is 390 g/mol. The van der Waals surface area contributed by atoms with Crippen molar-refractivity contribution in [3.05, 3.63) is 63.9 Å². The number of hydrogen-bond acceptors (Lipinski definition) is 3. The van der Waals surface area contributed by atoms with Crippen molar-refractivity contribution in [1.82, 2.24) is 19.1 Å². The van der Waals surface area contributed by atoms with Crippen molar-refractivity contribution >= 4 is 35.4 Å². The zero-order chi connectivity index (χ0) is 18.7. The van der Waals surface area contributed by atoms with Crippen molar-refractivity contribution in [2.75, 3.05) is 5.32 Å². The molecule has 3 aromatic rings. The number of anilines is 1. The molecule has 0 unspecified atom stereocenters. The summed E-state index contributed by atoms with van der Waals surface area (Å²) in [4.78, 5) is 12.5. The summed E-state index contributed by atoms with van der Waals surface area (Å²) in [6.45, 7) is 3.98. The number of amides is 1.